The number of amides is 2. The number of rotatable bonds is 2. The lowest BCUT2D eigenvalue weighted by Gasteiger charge is -2.21. The minimum absolute atomic E-state index is 0.0290. The smallest absolute Gasteiger partial charge is 0.256 e. The third-order valence-corrected chi connectivity index (χ3v) is 3.36. The van der Waals surface area contributed by atoms with Gasteiger partial charge >= 0.3 is 0 Å². The molecule has 2 N–H and O–H groups in total. The van der Waals surface area contributed by atoms with Crippen LogP contribution in [0.2, 0.25) is 0 Å². The van der Waals surface area contributed by atoms with Crippen LogP contribution < -0.4 is 5.73 Å². The molecule has 5 nitrogen and oxygen atoms in total. The second-order valence-electron chi connectivity index (χ2n) is 4.76. The van der Waals surface area contributed by atoms with Crippen molar-refractivity contribution in [1.82, 2.24) is 9.88 Å². The molecular weight excluding hydrogens is 237 g/mol. The standard InChI is InChI=1S/C12H14FN3O2/c1-12(11(14)18)3-5-16(7-12)10(17)8-2-4-15-6-9(8)13/h2,4,6H,3,5,7H2,1H3,(H2,14,18). The van der Waals surface area contributed by atoms with E-state index >= 15 is 0 Å². The van der Waals surface area contributed by atoms with Crippen molar-refractivity contribution in [1.29, 1.82) is 0 Å². The summed E-state index contributed by atoms with van der Waals surface area (Å²) in [7, 11) is 0. The Morgan fingerprint density at radius 3 is 2.83 bits per heavy atom. The first kappa shape index (κ1) is 12.5. The summed E-state index contributed by atoms with van der Waals surface area (Å²) in [4.78, 5) is 28.4. The summed E-state index contributed by atoms with van der Waals surface area (Å²) in [6.07, 6.45) is 2.86. The number of nitrogens with two attached hydrogens (primary N) is 1. The molecule has 0 spiro atoms. The molecule has 1 fully saturated rings. The molecule has 6 heteroatoms. The second kappa shape index (κ2) is 4.36. The first-order valence-electron chi connectivity index (χ1n) is 5.63. The minimum Gasteiger partial charge on any atom is -0.369 e. The van der Waals surface area contributed by atoms with E-state index < -0.39 is 23.0 Å². The highest BCUT2D eigenvalue weighted by molar-refractivity contribution is 5.95. The van der Waals surface area contributed by atoms with Crippen molar-refractivity contribution in [3.05, 3.63) is 29.8 Å². The molecule has 1 aromatic rings. The molecule has 0 aromatic carbocycles. The minimum atomic E-state index is -0.723. The van der Waals surface area contributed by atoms with Gasteiger partial charge in [0.15, 0.2) is 5.82 Å². The number of nitrogens with zero attached hydrogens (tertiary/aromatic N) is 2. The molecule has 1 aromatic heterocycles. The van der Waals surface area contributed by atoms with Crippen molar-refractivity contribution in [2.24, 2.45) is 11.1 Å². The van der Waals surface area contributed by atoms with Gasteiger partial charge in [0, 0.05) is 19.3 Å². The van der Waals surface area contributed by atoms with Gasteiger partial charge in [0.25, 0.3) is 5.91 Å². The number of likely N-dealkylation sites (tertiary alicyclic amines) is 1. The molecular formula is C12H14FN3O2. The van der Waals surface area contributed by atoms with Crippen LogP contribution in [0, 0.1) is 11.2 Å². The summed E-state index contributed by atoms with van der Waals surface area (Å²) in [5.41, 5.74) is 4.55. The summed E-state index contributed by atoms with van der Waals surface area (Å²) in [5.74, 6) is -1.52. The van der Waals surface area contributed by atoms with E-state index in [2.05, 4.69) is 4.98 Å². The normalized spacial score (nSPS) is 23.1. The van der Waals surface area contributed by atoms with E-state index in [1.165, 1.54) is 17.2 Å². The molecule has 0 saturated carbocycles. The first-order chi connectivity index (χ1) is 8.44. The van der Waals surface area contributed by atoms with E-state index in [-0.39, 0.29) is 12.1 Å². The van der Waals surface area contributed by atoms with Crippen LogP contribution >= 0.6 is 0 Å². The zero-order valence-corrected chi connectivity index (χ0v) is 10.0. The highest BCUT2D eigenvalue weighted by atomic mass is 19.1. The predicted molar refractivity (Wildman–Crippen MR) is 62.0 cm³/mol. The summed E-state index contributed by atoms with van der Waals surface area (Å²) >= 11 is 0. The SMILES string of the molecule is CC1(C(N)=O)CCN(C(=O)c2ccncc2F)C1. The van der Waals surface area contributed by atoms with E-state index in [1.54, 1.807) is 6.92 Å². The number of hydrogen-bond donors (Lipinski definition) is 1. The number of hydrogen-bond acceptors (Lipinski definition) is 3. The average Bonchev–Trinajstić information content (AvgIpc) is 2.73. The van der Waals surface area contributed by atoms with Crippen LogP contribution in [-0.2, 0) is 4.79 Å². The Morgan fingerprint density at radius 1 is 1.56 bits per heavy atom. The largest absolute Gasteiger partial charge is 0.369 e. The van der Waals surface area contributed by atoms with Gasteiger partial charge in [0.05, 0.1) is 17.2 Å². The molecule has 1 atom stereocenters. The van der Waals surface area contributed by atoms with Crippen LogP contribution in [0.15, 0.2) is 18.5 Å². The first-order valence-corrected chi connectivity index (χ1v) is 5.63. The van der Waals surface area contributed by atoms with Crippen molar-refractivity contribution in [2.75, 3.05) is 13.1 Å². The van der Waals surface area contributed by atoms with E-state index in [4.69, 9.17) is 5.73 Å². The van der Waals surface area contributed by atoms with Gasteiger partial charge in [-0.15, -0.1) is 0 Å². The fraction of sp³-hybridized carbons (Fsp3) is 0.417. The Hall–Kier alpha value is -1.98. The third-order valence-electron chi connectivity index (χ3n) is 3.36. The molecule has 1 aliphatic heterocycles. The summed E-state index contributed by atoms with van der Waals surface area (Å²) in [6, 6.07) is 1.33. The van der Waals surface area contributed by atoms with Gasteiger partial charge in [-0.2, -0.15) is 0 Å². The Morgan fingerprint density at radius 2 is 2.28 bits per heavy atom. The second-order valence-corrected chi connectivity index (χ2v) is 4.76. The lowest BCUT2D eigenvalue weighted by atomic mass is 9.89. The average molecular weight is 251 g/mol. The fourth-order valence-electron chi connectivity index (χ4n) is 2.05. The van der Waals surface area contributed by atoms with Crippen LogP contribution in [0.4, 0.5) is 4.39 Å². The molecule has 1 saturated heterocycles. The highest BCUT2D eigenvalue weighted by Gasteiger charge is 2.41. The number of pyridine rings is 1. The van der Waals surface area contributed by atoms with Crippen LogP contribution in [0.1, 0.15) is 23.7 Å². The number of carbonyl (C=O) groups excluding carboxylic acids is 2. The van der Waals surface area contributed by atoms with Gasteiger partial charge in [-0.05, 0) is 19.4 Å². The predicted octanol–water partition coefficient (Wildman–Crippen LogP) is 0.558. The van der Waals surface area contributed by atoms with Crippen molar-refractivity contribution in [3.63, 3.8) is 0 Å². The molecule has 18 heavy (non-hydrogen) atoms. The lowest BCUT2D eigenvalue weighted by molar-refractivity contribution is -0.126. The molecule has 2 rings (SSSR count). The van der Waals surface area contributed by atoms with Gasteiger partial charge in [-0.25, -0.2) is 4.39 Å². The molecule has 1 aliphatic rings. The van der Waals surface area contributed by atoms with Crippen molar-refractivity contribution in [2.45, 2.75) is 13.3 Å². The van der Waals surface area contributed by atoms with Gasteiger partial charge in [-0.3, -0.25) is 14.6 Å². The van der Waals surface area contributed by atoms with E-state index in [0.29, 0.717) is 13.0 Å². The van der Waals surface area contributed by atoms with Crippen molar-refractivity contribution in [3.8, 4) is 0 Å². The maximum atomic E-state index is 13.4. The van der Waals surface area contributed by atoms with Crippen LogP contribution in [0.5, 0.6) is 0 Å². The Labute approximate surface area is 104 Å². The molecule has 1 unspecified atom stereocenters. The maximum Gasteiger partial charge on any atom is 0.256 e. The third kappa shape index (κ3) is 2.05. The topological polar surface area (TPSA) is 76.3 Å². The van der Waals surface area contributed by atoms with Gasteiger partial charge in [-0.1, -0.05) is 0 Å². The quantitative estimate of drug-likeness (QED) is 0.834. The van der Waals surface area contributed by atoms with Gasteiger partial charge in [0.2, 0.25) is 5.91 Å². The van der Waals surface area contributed by atoms with Gasteiger partial charge < -0.3 is 10.6 Å². The summed E-state index contributed by atoms with van der Waals surface area (Å²) in [6.45, 7) is 2.34. The zero-order chi connectivity index (χ0) is 13.3. The molecule has 96 valence electrons. The Kier molecular flexibility index (Phi) is 3.02. The Balaban J connectivity index is 2.18. The van der Waals surface area contributed by atoms with E-state index in [0.717, 1.165) is 6.20 Å². The van der Waals surface area contributed by atoms with Crippen LogP contribution in [0.3, 0.4) is 0 Å². The molecule has 0 radical (unpaired) electrons. The van der Waals surface area contributed by atoms with E-state index in [9.17, 15) is 14.0 Å². The van der Waals surface area contributed by atoms with Crippen LogP contribution in [-0.4, -0.2) is 34.8 Å². The molecule has 0 aliphatic carbocycles. The number of aromatic nitrogens is 1. The Bertz CT molecular complexity index is 506. The van der Waals surface area contributed by atoms with Crippen LogP contribution in [0.25, 0.3) is 0 Å². The van der Waals surface area contributed by atoms with Crippen molar-refractivity contribution >= 4 is 11.8 Å². The fourth-order valence-corrected chi connectivity index (χ4v) is 2.05. The van der Waals surface area contributed by atoms with E-state index in [1.807, 2.05) is 0 Å². The monoisotopic (exact) mass is 251 g/mol. The lowest BCUT2D eigenvalue weighted by Crippen LogP contribution is -2.38. The summed E-state index contributed by atoms with van der Waals surface area (Å²) in [5, 5.41) is 0. The maximum absolute atomic E-state index is 13.4. The van der Waals surface area contributed by atoms with Gasteiger partial charge in [0.1, 0.15) is 0 Å². The molecule has 2 amide bonds. The number of primary amides is 1. The number of carbonyl (C=O) groups is 2. The molecule has 2 heterocycles. The zero-order valence-electron chi connectivity index (χ0n) is 10.0. The highest BCUT2D eigenvalue weighted by Crippen LogP contribution is 2.30. The molecule has 0 bridgehead atoms. The summed E-state index contributed by atoms with van der Waals surface area (Å²) < 4.78 is 13.4. The van der Waals surface area contributed by atoms with Crippen molar-refractivity contribution < 1.29 is 14.0 Å². The number of halogens is 1.